The van der Waals surface area contributed by atoms with Crippen molar-refractivity contribution in [1.82, 2.24) is 20.3 Å². The number of hydrogen-bond donors (Lipinski definition) is 0. The number of carbonyl (C=O) groups is 1. The highest BCUT2D eigenvalue weighted by atomic mass is 19.3. The molecule has 0 radical (unpaired) electrons. The third kappa shape index (κ3) is 3.82. The molecule has 7 saturated carbocycles. The van der Waals surface area contributed by atoms with Gasteiger partial charge < -0.3 is 13.9 Å². The molecule has 0 atom stereocenters. The van der Waals surface area contributed by atoms with E-state index in [1.807, 2.05) is 29.2 Å². The number of alkyl halides is 3. The van der Waals surface area contributed by atoms with Gasteiger partial charge in [-0.05, 0) is 88.2 Å². The summed E-state index contributed by atoms with van der Waals surface area (Å²) in [7, 11) is 0. The van der Waals surface area contributed by atoms with Crippen molar-refractivity contribution in [3.05, 3.63) is 41.9 Å². The van der Waals surface area contributed by atoms with Gasteiger partial charge in [-0.1, -0.05) is 29.4 Å². The lowest BCUT2D eigenvalue weighted by molar-refractivity contribution is -0.211. The molecular formula is C30H32F3N5O3. The smallest absolute Gasteiger partial charge is 0.315 e. The number of halogens is 3. The predicted molar refractivity (Wildman–Crippen MR) is 140 cm³/mol. The molecule has 1 aromatic carbocycles. The van der Waals surface area contributed by atoms with E-state index in [1.165, 1.54) is 0 Å². The van der Waals surface area contributed by atoms with Crippen molar-refractivity contribution in [2.45, 2.75) is 100 Å². The molecule has 7 aliphatic rings. The number of anilines is 1. The van der Waals surface area contributed by atoms with Crippen molar-refractivity contribution in [1.29, 1.82) is 0 Å². The van der Waals surface area contributed by atoms with Crippen molar-refractivity contribution in [3.63, 3.8) is 0 Å². The van der Waals surface area contributed by atoms with E-state index in [0.29, 0.717) is 43.3 Å². The number of aromatic nitrogens is 4. The van der Waals surface area contributed by atoms with Gasteiger partial charge in [0.25, 0.3) is 5.89 Å². The monoisotopic (exact) mass is 567 g/mol. The van der Waals surface area contributed by atoms with Crippen LogP contribution < -0.4 is 4.90 Å². The van der Waals surface area contributed by atoms with Crippen molar-refractivity contribution in [2.75, 3.05) is 11.4 Å². The van der Waals surface area contributed by atoms with Gasteiger partial charge in [0, 0.05) is 28.6 Å². The minimum absolute atomic E-state index is 0.00926. The van der Waals surface area contributed by atoms with Crippen molar-refractivity contribution in [2.24, 2.45) is 10.8 Å². The maximum atomic E-state index is 14.5. The lowest BCUT2D eigenvalue weighted by Crippen LogP contribution is -2.71. The quantitative estimate of drug-likeness (QED) is 0.301. The average molecular weight is 568 g/mol. The van der Waals surface area contributed by atoms with Gasteiger partial charge in [-0.2, -0.15) is 18.7 Å². The van der Waals surface area contributed by atoms with Crippen molar-refractivity contribution < 1.29 is 27.0 Å². The molecule has 0 N–H and O–H groups in total. The Morgan fingerprint density at radius 1 is 0.976 bits per heavy atom. The van der Waals surface area contributed by atoms with Crippen LogP contribution in [-0.4, -0.2) is 38.4 Å². The molecule has 11 heteroatoms. The van der Waals surface area contributed by atoms with Gasteiger partial charge in [-0.15, -0.1) is 0 Å². The summed E-state index contributed by atoms with van der Waals surface area (Å²) in [5, 5.41) is 8.15. The van der Waals surface area contributed by atoms with E-state index < -0.39 is 23.4 Å². The molecule has 4 bridgehead atoms. The SMILES string of the molecule is CC1(c2nc(-c3cccc(N(CC45CCC(c6noc(C(F)F)n6)(CC4)CC5)C(=O)C45CC(F)(C4)C5)c3)no2)CC1. The molecule has 7 aliphatic carbocycles. The Labute approximate surface area is 235 Å². The first-order valence-electron chi connectivity index (χ1n) is 14.6. The Bertz CT molecular complexity index is 1500. The number of benzene rings is 1. The first-order chi connectivity index (χ1) is 19.5. The molecule has 7 fully saturated rings. The number of amides is 1. The van der Waals surface area contributed by atoms with Crippen LogP contribution in [0.4, 0.5) is 18.9 Å². The number of carbonyl (C=O) groups excluding carboxylic acids is 1. The molecule has 2 aromatic heterocycles. The molecule has 1 amide bonds. The summed E-state index contributed by atoms with van der Waals surface area (Å²) < 4.78 is 51.1. The van der Waals surface area contributed by atoms with Gasteiger partial charge in [-0.3, -0.25) is 4.79 Å². The molecule has 0 spiro atoms. The van der Waals surface area contributed by atoms with Crippen LogP contribution in [0.25, 0.3) is 11.4 Å². The van der Waals surface area contributed by atoms with Gasteiger partial charge in [0.1, 0.15) is 5.67 Å². The first kappa shape index (κ1) is 25.5. The Morgan fingerprint density at radius 2 is 1.68 bits per heavy atom. The molecule has 0 aliphatic heterocycles. The average Bonchev–Trinajstić information content (AvgIpc) is 3.35. The van der Waals surface area contributed by atoms with E-state index >= 15 is 0 Å². The maximum Gasteiger partial charge on any atom is 0.315 e. The summed E-state index contributed by atoms with van der Waals surface area (Å²) >= 11 is 0. The molecule has 0 saturated heterocycles. The van der Waals surface area contributed by atoms with Gasteiger partial charge >= 0.3 is 6.43 Å². The highest BCUT2D eigenvalue weighted by Crippen LogP contribution is 2.70. The van der Waals surface area contributed by atoms with Gasteiger partial charge in [0.15, 0.2) is 5.82 Å². The Hall–Kier alpha value is -3.24. The molecule has 41 heavy (non-hydrogen) atoms. The van der Waals surface area contributed by atoms with E-state index in [-0.39, 0.29) is 22.2 Å². The molecule has 0 unspecified atom stereocenters. The Kier molecular flexibility index (Phi) is 5.09. The Morgan fingerprint density at radius 3 is 2.29 bits per heavy atom. The normalized spacial score (nSPS) is 34.3. The van der Waals surface area contributed by atoms with E-state index in [2.05, 4.69) is 27.2 Å². The van der Waals surface area contributed by atoms with Gasteiger partial charge in [0.2, 0.25) is 17.6 Å². The molecule has 8 nitrogen and oxygen atoms in total. The fourth-order valence-corrected chi connectivity index (χ4v) is 7.97. The van der Waals surface area contributed by atoms with E-state index in [9.17, 15) is 18.0 Å². The molecule has 2 heterocycles. The topological polar surface area (TPSA) is 98.2 Å². The van der Waals surface area contributed by atoms with Crippen molar-refractivity contribution in [3.8, 4) is 11.4 Å². The van der Waals surface area contributed by atoms with Crippen LogP contribution in [0, 0.1) is 10.8 Å². The molecule has 10 rings (SSSR count). The van der Waals surface area contributed by atoms with Crippen LogP contribution in [0.2, 0.25) is 0 Å². The summed E-state index contributed by atoms with van der Waals surface area (Å²) in [5.74, 6) is 0.880. The lowest BCUT2D eigenvalue weighted by Gasteiger charge is -2.65. The highest BCUT2D eigenvalue weighted by Gasteiger charge is 2.73. The highest BCUT2D eigenvalue weighted by molar-refractivity contribution is 6.00. The Balaban J connectivity index is 1.07. The van der Waals surface area contributed by atoms with Gasteiger partial charge in [-0.25, -0.2) is 4.39 Å². The molecule has 216 valence electrons. The van der Waals surface area contributed by atoms with E-state index in [0.717, 1.165) is 62.6 Å². The zero-order chi connectivity index (χ0) is 28.3. The summed E-state index contributed by atoms with van der Waals surface area (Å²) in [5.41, 5.74) is -0.810. The minimum atomic E-state index is -2.79. The zero-order valence-corrected chi connectivity index (χ0v) is 23.0. The van der Waals surface area contributed by atoms with Crippen LogP contribution in [0.1, 0.15) is 102 Å². The van der Waals surface area contributed by atoms with Gasteiger partial charge in [0.05, 0.1) is 5.41 Å². The second-order valence-corrected chi connectivity index (χ2v) is 13.9. The number of fused-ring (bicyclic) bond motifs is 3. The lowest BCUT2D eigenvalue weighted by atomic mass is 9.41. The van der Waals surface area contributed by atoms with Crippen LogP contribution >= 0.6 is 0 Å². The van der Waals surface area contributed by atoms with Crippen molar-refractivity contribution >= 4 is 11.6 Å². The number of nitrogens with zero attached hydrogens (tertiary/aromatic N) is 5. The predicted octanol–water partition coefficient (Wildman–Crippen LogP) is 6.63. The third-order valence-electron chi connectivity index (χ3n) is 11.0. The van der Waals surface area contributed by atoms with Crippen LogP contribution in [0.15, 0.2) is 33.3 Å². The summed E-state index contributed by atoms with van der Waals surface area (Å²) in [6.07, 6.45) is 4.86. The summed E-state index contributed by atoms with van der Waals surface area (Å²) in [6, 6.07) is 7.69. The minimum Gasteiger partial charge on any atom is -0.338 e. The van der Waals surface area contributed by atoms with Crippen LogP contribution in [0.3, 0.4) is 0 Å². The third-order valence-corrected chi connectivity index (χ3v) is 11.0. The molecule has 3 aromatic rings. The zero-order valence-electron chi connectivity index (χ0n) is 23.0. The second-order valence-electron chi connectivity index (χ2n) is 13.9. The first-order valence-corrected chi connectivity index (χ1v) is 14.6. The summed E-state index contributed by atoms with van der Waals surface area (Å²) in [6.45, 7) is 2.64. The fourth-order valence-electron chi connectivity index (χ4n) is 7.97. The number of rotatable bonds is 8. The van der Waals surface area contributed by atoms with E-state index in [1.54, 1.807) is 0 Å². The maximum absolute atomic E-state index is 14.5. The van der Waals surface area contributed by atoms with Crippen LogP contribution in [0.5, 0.6) is 0 Å². The van der Waals surface area contributed by atoms with Crippen LogP contribution in [-0.2, 0) is 15.6 Å². The second kappa shape index (κ2) is 8.19. The fraction of sp³-hybridized carbons (Fsp3) is 0.633. The largest absolute Gasteiger partial charge is 0.338 e. The standard InChI is InChI=1S/C30H32F3N5O3/c1-26(5-6-26)24-34-21(36-41-24)18-3-2-4-19(13-18)38(25(39)29-14-30(33,15-29)16-29)17-27-7-10-28(11-8-27,12-9-27)23-35-22(20(31)32)40-37-23/h2-4,13,20H,5-12,14-17H2,1H3. The number of hydrogen-bond acceptors (Lipinski definition) is 7. The van der Waals surface area contributed by atoms with E-state index in [4.69, 9.17) is 9.05 Å². The molecular weight excluding hydrogens is 535 g/mol. The summed E-state index contributed by atoms with van der Waals surface area (Å²) in [4.78, 5) is 24.7.